The first kappa shape index (κ1) is 24.0. The Hall–Kier alpha value is -3.66. The van der Waals surface area contributed by atoms with Gasteiger partial charge in [-0.25, -0.2) is 5.43 Å². The van der Waals surface area contributed by atoms with E-state index < -0.39 is 0 Å². The molecule has 0 spiro atoms. The van der Waals surface area contributed by atoms with E-state index in [-0.39, 0.29) is 17.6 Å². The van der Waals surface area contributed by atoms with Crippen molar-refractivity contribution in [1.82, 2.24) is 20.2 Å². The highest BCUT2D eigenvalue weighted by molar-refractivity contribution is 7.99. The molecule has 0 aliphatic carbocycles. The Morgan fingerprint density at radius 2 is 1.70 bits per heavy atom. The average molecular weight is 468 g/mol. The summed E-state index contributed by atoms with van der Waals surface area (Å²) in [6.45, 7) is 5.79. The Morgan fingerprint density at radius 1 is 1.03 bits per heavy atom. The number of amides is 1. The summed E-state index contributed by atoms with van der Waals surface area (Å²) in [5.74, 6) is 1.45. The number of carbonyl (C=O) groups is 2. The second kappa shape index (κ2) is 11.3. The van der Waals surface area contributed by atoms with Gasteiger partial charge < -0.3 is 14.0 Å². The Kier molecular flexibility index (Phi) is 8.20. The number of nitrogens with one attached hydrogen (secondary N) is 1. The molecule has 0 saturated carbocycles. The van der Waals surface area contributed by atoms with Crippen molar-refractivity contribution in [2.24, 2.45) is 5.10 Å². The van der Waals surface area contributed by atoms with Crippen molar-refractivity contribution in [3.63, 3.8) is 0 Å². The number of methoxy groups -OCH3 is 1. The van der Waals surface area contributed by atoms with Crippen LogP contribution in [0.15, 0.2) is 58.8 Å². The first-order valence-electron chi connectivity index (χ1n) is 10.2. The molecular weight excluding hydrogens is 442 g/mol. The number of carbonyl (C=O) groups excluding carboxylic acids is 2. The largest absolute Gasteiger partial charge is 0.497 e. The van der Waals surface area contributed by atoms with Crippen molar-refractivity contribution < 1.29 is 19.1 Å². The molecule has 0 aliphatic rings. The fourth-order valence-electron chi connectivity index (χ4n) is 2.94. The maximum Gasteiger partial charge on any atom is 0.308 e. The summed E-state index contributed by atoms with van der Waals surface area (Å²) in [6.07, 6.45) is 0. The molecule has 172 valence electrons. The number of hydrazone groups is 1. The van der Waals surface area contributed by atoms with E-state index in [2.05, 4.69) is 20.7 Å². The lowest BCUT2D eigenvalue weighted by molar-refractivity contribution is -0.131. The fourth-order valence-corrected chi connectivity index (χ4v) is 3.73. The minimum Gasteiger partial charge on any atom is -0.497 e. The highest BCUT2D eigenvalue weighted by atomic mass is 32.2. The fraction of sp³-hybridized carbons (Fsp3) is 0.261. The van der Waals surface area contributed by atoms with Gasteiger partial charge in [0.1, 0.15) is 11.5 Å². The molecule has 1 heterocycles. The van der Waals surface area contributed by atoms with E-state index in [1.807, 2.05) is 35.8 Å². The number of ether oxygens (including phenoxy) is 2. The second-order valence-electron chi connectivity index (χ2n) is 6.92. The van der Waals surface area contributed by atoms with E-state index in [0.29, 0.717) is 23.2 Å². The van der Waals surface area contributed by atoms with Crippen molar-refractivity contribution in [3.05, 3.63) is 54.1 Å². The van der Waals surface area contributed by atoms with Gasteiger partial charge in [-0.05, 0) is 67.9 Å². The summed E-state index contributed by atoms with van der Waals surface area (Å²) in [6, 6.07) is 14.5. The van der Waals surface area contributed by atoms with Crippen LogP contribution in [0.1, 0.15) is 26.3 Å². The number of nitrogens with zero attached hydrogens (tertiary/aromatic N) is 4. The van der Waals surface area contributed by atoms with Crippen LogP contribution in [-0.2, 0) is 16.1 Å². The molecule has 0 atom stereocenters. The Bertz CT molecular complexity index is 1140. The van der Waals surface area contributed by atoms with E-state index in [0.717, 1.165) is 22.7 Å². The minimum atomic E-state index is -0.382. The van der Waals surface area contributed by atoms with E-state index in [1.165, 1.54) is 18.7 Å². The van der Waals surface area contributed by atoms with Gasteiger partial charge in [0.2, 0.25) is 0 Å². The molecule has 0 unspecified atom stereocenters. The molecule has 1 aromatic heterocycles. The molecule has 0 fully saturated rings. The predicted octanol–water partition coefficient (Wildman–Crippen LogP) is 3.53. The van der Waals surface area contributed by atoms with Crippen LogP contribution in [0.2, 0.25) is 0 Å². The van der Waals surface area contributed by atoms with Gasteiger partial charge >= 0.3 is 5.97 Å². The van der Waals surface area contributed by atoms with Crippen molar-refractivity contribution in [1.29, 1.82) is 0 Å². The number of benzene rings is 2. The normalized spacial score (nSPS) is 11.2. The van der Waals surface area contributed by atoms with Crippen LogP contribution < -0.4 is 14.9 Å². The Balaban J connectivity index is 1.59. The summed E-state index contributed by atoms with van der Waals surface area (Å²) in [5.41, 5.74) is 4.90. The molecule has 0 aliphatic heterocycles. The number of rotatable bonds is 9. The molecule has 3 rings (SSSR count). The minimum absolute atomic E-state index is 0.142. The molecule has 1 N–H and O–H groups in total. The van der Waals surface area contributed by atoms with Crippen LogP contribution in [0.5, 0.6) is 11.5 Å². The maximum atomic E-state index is 12.3. The summed E-state index contributed by atoms with van der Waals surface area (Å²) in [7, 11) is 1.62. The zero-order chi connectivity index (χ0) is 23.8. The highest BCUT2D eigenvalue weighted by Gasteiger charge is 2.14. The van der Waals surface area contributed by atoms with Crippen LogP contribution in [-0.4, -0.2) is 45.2 Å². The van der Waals surface area contributed by atoms with Gasteiger partial charge in [-0.1, -0.05) is 11.8 Å². The Morgan fingerprint density at radius 3 is 2.30 bits per heavy atom. The van der Waals surface area contributed by atoms with Gasteiger partial charge in [-0.3, -0.25) is 9.59 Å². The predicted molar refractivity (Wildman–Crippen MR) is 127 cm³/mol. The van der Waals surface area contributed by atoms with Crippen LogP contribution in [0.3, 0.4) is 0 Å². The molecule has 0 saturated heterocycles. The monoisotopic (exact) mass is 467 g/mol. The second-order valence-corrected chi connectivity index (χ2v) is 7.86. The molecular formula is C23H25N5O4S. The van der Waals surface area contributed by atoms with Crippen molar-refractivity contribution in [3.8, 4) is 22.9 Å². The third-order valence-electron chi connectivity index (χ3n) is 4.60. The average Bonchev–Trinajstić information content (AvgIpc) is 3.24. The molecule has 3 aromatic rings. The van der Waals surface area contributed by atoms with E-state index >= 15 is 0 Å². The summed E-state index contributed by atoms with van der Waals surface area (Å²) < 4.78 is 12.2. The molecule has 1 amide bonds. The number of aromatic nitrogens is 3. The van der Waals surface area contributed by atoms with Crippen LogP contribution in [0, 0.1) is 0 Å². The SMILES string of the molecule is CCn1c(SCC(=O)NN=C(C)c2ccc(OC(C)=O)cc2)nnc1-c1ccc(OC)cc1. The summed E-state index contributed by atoms with van der Waals surface area (Å²) in [5, 5.41) is 13.3. The van der Waals surface area contributed by atoms with Crippen LogP contribution in [0.4, 0.5) is 0 Å². The third kappa shape index (κ3) is 6.42. The summed E-state index contributed by atoms with van der Waals surface area (Å²) >= 11 is 1.29. The quantitative estimate of drug-likeness (QED) is 0.169. The first-order valence-corrected chi connectivity index (χ1v) is 11.2. The lowest BCUT2D eigenvalue weighted by atomic mass is 10.1. The van der Waals surface area contributed by atoms with E-state index in [9.17, 15) is 9.59 Å². The van der Waals surface area contributed by atoms with Crippen molar-refractivity contribution >= 4 is 29.4 Å². The molecule has 9 nitrogen and oxygen atoms in total. The van der Waals surface area contributed by atoms with Crippen molar-refractivity contribution in [2.45, 2.75) is 32.5 Å². The van der Waals surface area contributed by atoms with E-state index in [4.69, 9.17) is 9.47 Å². The zero-order valence-electron chi connectivity index (χ0n) is 18.9. The van der Waals surface area contributed by atoms with Gasteiger partial charge in [0, 0.05) is 19.0 Å². The number of hydrogen-bond acceptors (Lipinski definition) is 8. The van der Waals surface area contributed by atoms with Gasteiger partial charge in [0.15, 0.2) is 11.0 Å². The number of hydrogen-bond donors (Lipinski definition) is 1. The lowest BCUT2D eigenvalue weighted by Gasteiger charge is -2.08. The third-order valence-corrected chi connectivity index (χ3v) is 5.56. The molecule has 2 aromatic carbocycles. The van der Waals surface area contributed by atoms with Crippen LogP contribution >= 0.6 is 11.8 Å². The zero-order valence-corrected chi connectivity index (χ0v) is 19.7. The first-order chi connectivity index (χ1) is 15.9. The van der Waals surface area contributed by atoms with Gasteiger partial charge in [-0.15, -0.1) is 10.2 Å². The number of thioether (sulfide) groups is 1. The van der Waals surface area contributed by atoms with Gasteiger partial charge in [-0.2, -0.15) is 5.10 Å². The van der Waals surface area contributed by atoms with Gasteiger partial charge in [0.25, 0.3) is 5.91 Å². The lowest BCUT2D eigenvalue weighted by Crippen LogP contribution is -2.21. The standard InChI is InChI=1S/C23H25N5O4S/c1-5-28-22(18-8-10-19(31-4)11-9-18)26-27-23(28)33-14-21(30)25-24-15(2)17-6-12-20(13-7-17)32-16(3)29/h6-13H,5,14H2,1-4H3,(H,25,30). The van der Waals surface area contributed by atoms with Crippen molar-refractivity contribution in [2.75, 3.05) is 12.9 Å². The molecule has 33 heavy (non-hydrogen) atoms. The maximum absolute atomic E-state index is 12.3. The molecule has 10 heteroatoms. The highest BCUT2D eigenvalue weighted by Crippen LogP contribution is 2.25. The Labute approximate surface area is 196 Å². The summed E-state index contributed by atoms with van der Waals surface area (Å²) in [4.78, 5) is 23.3. The van der Waals surface area contributed by atoms with Crippen LogP contribution in [0.25, 0.3) is 11.4 Å². The molecule has 0 bridgehead atoms. The van der Waals surface area contributed by atoms with Gasteiger partial charge in [0.05, 0.1) is 18.6 Å². The number of esters is 1. The topological polar surface area (TPSA) is 108 Å². The molecule has 0 radical (unpaired) electrons. The van der Waals surface area contributed by atoms with E-state index in [1.54, 1.807) is 38.3 Å². The smallest absolute Gasteiger partial charge is 0.308 e.